The highest BCUT2D eigenvalue weighted by Gasteiger charge is 2.18. The number of carbonyl (C=O) groups is 2. The summed E-state index contributed by atoms with van der Waals surface area (Å²) in [5.74, 6) is 0.602. The molecular formula is C23H26N2O5. The van der Waals surface area contributed by atoms with Crippen molar-refractivity contribution in [1.29, 1.82) is 0 Å². The zero-order valence-electron chi connectivity index (χ0n) is 17.1. The minimum Gasteiger partial charge on any atom is -0.493 e. The molecule has 1 atom stereocenters. The molecule has 1 aliphatic rings. The summed E-state index contributed by atoms with van der Waals surface area (Å²) in [5.41, 5.74) is 1.64. The van der Waals surface area contributed by atoms with Crippen molar-refractivity contribution in [2.45, 2.75) is 18.9 Å². The van der Waals surface area contributed by atoms with E-state index in [9.17, 15) is 9.59 Å². The Labute approximate surface area is 176 Å². The fourth-order valence-electron chi connectivity index (χ4n) is 3.20. The fourth-order valence-corrected chi connectivity index (χ4v) is 3.20. The van der Waals surface area contributed by atoms with Crippen LogP contribution in [0.5, 0.6) is 11.5 Å². The van der Waals surface area contributed by atoms with Crippen molar-refractivity contribution < 1.29 is 23.8 Å². The smallest absolute Gasteiger partial charge is 0.253 e. The van der Waals surface area contributed by atoms with Crippen molar-refractivity contribution in [3.8, 4) is 11.5 Å². The molecule has 0 aliphatic carbocycles. The Kier molecular flexibility index (Phi) is 7.45. The lowest BCUT2D eigenvalue weighted by Gasteiger charge is -2.13. The molecular weight excluding hydrogens is 384 g/mol. The van der Waals surface area contributed by atoms with Gasteiger partial charge >= 0.3 is 0 Å². The van der Waals surface area contributed by atoms with Gasteiger partial charge in [-0.3, -0.25) is 9.59 Å². The molecule has 1 fully saturated rings. The largest absolute Gasteiger partial charge is 0.493 e. The standard InChI is InChI=1S/C23H26N2O5/c1-28-20-11-9-16(14-21(20)29-2)10-12-22(26)25-19-8-4-3-7-18(19)23(27)24-15-17-6-5-13-30-17/h3-4,7-12,14,17H,5-6,13,15H2,1-2H3,(H,24,27)(H,25,26). The number of para-hydroxylation sites is 1. The van der Waals surface area contributed by atoms with Crippen molar-refractivity contribution in [2.75, 3.05) is 32.7 Å². The normalized spacial score (nSPS) is 15.7. The average molecular weight is 410 g/mol. The fraction of sp³-hybridized carbons (Fsp3) is 0.304. The highest BCUT2D eigenvalue weighted by Crippen LogP contribution is 2.28. The average Bonchev–Trinajstić information content (AvgIpc) is 3.30. The minimum absolute atomic E-state index is 0.0557. The van der Waals surface area contributed by atoms with Crippen LogP contribution in [0.25, 0.3) is 6.08 Å². The van der Waals surface area contributed by atoms with Gasteiger partial charge in [0.15, 0.2) is 11.5 Å². The van der Waals surface area contributed by atoms with Gasteiger partial charge in [0.25, 0.3) is 5.91 Å². The van der Waals surface area contributed by atoms with Gasteiger partial charge in [-0.15, -0.1) is 0 Å². The third-order valence-corrected chi connectivity index (χ3v) is 4.78. The van der Waals surface area contributed by atoms with Crippen LogP contribution in [0.15, 0.2) is 48.5 Å². The number of ether oxygens (including phenoxy) is 3. The van der Waals surface area contributed by atoms with Gasteiger partial charge in [-0.25, -0.2) is 0 Å². The second-order valence-corrected chi connectivity index (χ2v) is 6.83. The zero-order chi connectivity index (χ0) is 21.3. The van der Waals surface area contributed by atoms with E-state index in [-0.39, 0.29) is 17.9 Å². The van der Waals surface area contributed by atoms with Crippen LogP contribution in [0.3, 0.4) is 0 Å². The van der Waals surface area contributed by atoms with Gasteiger partial charge in [0.1, 0.15) is 0 Å². The van der Waals surface area contributed by atoms with E-state index in [0.29, 0.717) is 29.3 Å². The Morgan fingerprint density at radius 1 is 1.13 bits per heavy atom. The Hall–Kier alpha value is -3.32. The molecule has 158 valence electrons. The Morgan fingerprint density at radius 2 is 1.93 bits per heavy atom. The third-order valence-electron chi connectivity index (χ3n) is 4.78. The van der Waals surface area contributed by atoms with E-state index in [2.05, 4.69) is 10.6 Å². The SMILES string of the molecule is COc1ccc(C=CC(=O)Nc2ccccc2C(=O)NCC2CCCO2)cc1OC. The second kappa shape index (κ2) is 10.5. The van der Waals surface area contributed by atoms with Crippen molar-refractivity contribution in [3.05, 3.63) is 59.7 Å². The first-order chi connectivity index (χ1) is 14.6. The van der Waals surface area contributed by atoms with Crippen LogP contribution in [0, 0.1) is 0 Å². The molecule has 7 nitrogen and oxygen atoms in total. The summed E-state index contributed by atoms with van der Waals surface area (Å²) in [4.78, 5) is 25.0. The monoisotopic (exact) mass is 410 g/mol. The molecule has 0 aromatic heterocycles. The van der Waals surface area contributed by atoms with Crippen LogP contribution < -0.4 is 20.1 Å². The first-order valence-corrected chi connectivity index (χ1v) is 9.80. The van der Waals surface area contributed by atoms with E-state index in [0.717, 1.165) is 25.0 Å². The van der Waals surface area contributed by atoms with Gasteiger partial charge in [0.2, 0.25) is 5.91 Å². The van der Waals surface area contributed by atoms with Crippen LogP contribution >= 0.6 is 0 Å². The van der Waals surface area contributed by atoms with Gasteiger partial charge in [0.05, 0.1) is 31.6 Å². The first-order valence-electron chi connectivity index (χ1n) is 9.80. The molecule has 1 saturated heterocycles. The molecule has 1 heterocycles. The Morgan fingerprint density at radius 3 is 2.67 bits per heavy atom. The molecule has 0 radical (unpaired) electrons. The van der Waals surface area contributed by atoms with E-state index in [1.54, 1.807) is 56.7 Å². The van der Waals surface area contributed by atoms with Gasteiger partial charge in [-0.1, -0.05) is 18.2 Å². The van der Waals surface area contributed by atoms with E-state index in [1.165, 1.54) is 6.08 Å². The van der Waals surface area contributed by atoms with Crippen molar-refractivity contribution in [3.63, 3.8) is 0 Å². The lowest BCUT2D eigenvalue weighted by molar-refractivity contribution is -0.111. The maximum absolute atomic E-state index is 12.6. The lowest BCUT2D eigenvalue weighted by atomic mass is 10.1. The van der Waals surface area contributed by atoms with Crippen molar-refractivity contribution in [1.82, 2.24) is 5.32 Å². The minimum atomic E-state index is -0.343. The molecule has 2 aromatic rings. The molecule has 3 rings (SSSR count). The van der Waals surface area contributed by atoms with Gasteiger partial charge < -0.3 is 24.8 Å². The van der Waals surface area contributed by atoms with E-state index in [4.69, 9.17) is 14.2 Å². The number of nitrogens with one attached hydrogen (secondary N) is 2. The predicted octanol–water partition coefficient (Wildman–Crippen LogP) is 3.26. The van der Waals surface area contributed by atoms with E-state index < -0.39 is 0 Å². The molecule has 7 heteroatoms. The lowest BCUT2D eigenvalue weighted by Crippen LogP contribution is -2.32. The summed E-state index contributed by atoms with van der Waals surface area (Å²) in [6, 6.07) is 12.3. The Bertz CT molecular complexity index is 920. The zero-order valence-corrected chi connectivity index (χ0v) is 17.1. The van der Waals surface area contributed by atoms with Crippen LogP contribution in [0.2, 0.25) is 0 Å². The van der Waals surface area contributed by atoms with Gasteiger partial charge in [-0.2, -0.15) is 0 Å². The molecule has 2 amide bonds. The van der Waals surface area contributed by atoms with Crippen LogP contribution in [0.4, 0.5) is 5.69 Å². The van der Waals surface area contributed by atoms with Crippen LogP contribution in [-0.2, 0) is 9.53 Å². The number of amides is 2. The number of carbonyl (C=O) groups excluding carboxylic acids is 2. The number of rotatable bonds is 8. The van der Waals surface area contributed by atoms with E-state index in [1.807, 2.05) is 6.07 Å². The molecule has 0 saturated carbocycles. The number of methoxy groups -OCH3 is 2. The van der Waals surface area contributed by atoms with Crippen LogP contribution in [0.1, 0.15) is 28.8 Å². The molecule has 1 aliphatic heterocycles. The summed E-state index contributed by atoms with van der Waals surface area (Å²) >= 11 is 0. The predicted molar refractivity (Wildman–Crippen MR) is 115 cm³/mol. The summed E-state index contributed by atoms with van der Waals surface area (Å²) in [6.45, 7) is 1.19. The van der Waals surface area contributed by atoms with Crippen LogP contribution in [-0.4, -0.2) is 45.3 Å². The highest BCUT2D eigenvalue weighted by atomic mass is 16.5. The molecule has 2 aromatic carbocycles. The first kappa shape index (κ1) is 21.4. The topological polar surface area (TPSA) is 85.9 Å². The summed E-state index contributed by atoms with van der Waals surface area (Å²) in [6.07, 6.45) is 5.08. The second-order valence-electron chi connectivity index (χ2n) is 6.83. The quantitative estimate of drug-likeness (QED) is 0.653. The maximum atomic E-state index is 12.6. The van der Waals surface area contributed by atoms with Gasteiger partial charge in [0, 0.05) is 19.2 Å². The number of anilines is 1. The van der Waals surface area contributed by atoms with Crippen molar-refractivity contribution in [2.24, 2.45) is 0 Å². The van der Waals surface area contributed by atoms with E-state index >= 15 is 0 Å². The van der Waals surface area contributed by atoms with Gasteiger partial charge in [-0.05, 0) is 48.7 Å². The molecule has 0 spiro atoms. The summed E-state index contributed by atoms with van der Waals surface area (Å²) in [5, 5.41) is 5.64. The molecule has 1 unspecified atom stereocenters. The number of benzene rings is 2. The summed E-state index contributed by atoms with van der Waals surface area (Å²) < 4.78 is 16.0. The molecule has 30 heavy (non-hydrogen) atoms. The Balaban J connectivity index is 1.63. The highest BCUT2D eigenvalue weighted by molar-refractivity contribution is 6.07. The van der Waals surface area contributed by atoms with Crippen molar-refractivity contribution >= 4 is 23.6 Å². The maximum Gasteiger partial charge on any atom is 0.253 e. The molecule has 0 bridgehead atoms. The third kappa shape index (κ3) is 5.61. The number of hydrogen-bond donors (Lipinski definition) is 2. The molecule has 2 N–H and O–H groups in total. The summed E-state index contributed by atoms with van der Waals surface area (Å²) in [7, 11) is 3.12. The number of hydrogen-bond acceptors (Lipinski definition) is 5.